The number of nitrogens with zero attached hydrogens (tertiary/aromatic N) is 1. The molecule has 0 unspecified atom stereocenters. The van der Waals surface area contributed by atoms with Crippen molar-refractivity contribution in [2.24, 2.45) is 5.41 Å². The van der Waals surface area contributed by atoms with Crippen molar-refractivity contribution >= 4 is 15.9 Å². The molecule has 0 aliphatic heterocycles. The summed E-state index contributed by atoms with van der Waals surface area (Å²) in [6.45, 7) is 2.91. The maximum absolute atomic E-state index is 9.23. The highest BCUT2D eigenvalue weighted by Crippen LogP contribution is 2.49. The first-order valence-electron chi connectivity index (χ1n) is 6.70. The van der Waals surface area contributed by atoms with Crippen LogP contribution in [0.15, 0.2) is 16.6 Å². The Kier molecular flexibility index (Phi) is 4.90. The van der Waals surface area contributed by atoms with Crippen LogP contribution in [0.1, 0.15) is 31.7 Å². The van der Waals surface area contributed by atoms with E-state index in [1.807, 2.05) is 13.0 Å². The molecule has 0 radical (unpaired) electrons. The molecule has 20 heavy (non-hydrogen) atoms. The third kappa shape index (κ3) is 3.44. The highest BCUT2D eigenvalue weighted by Gasteiger charge is 2.43. The normalized spacial score (nSPS) is 15.5. The third-order valence-electron chi connectivity index (χ3n) is 3.49. The lowest BCUT2D eigenvalue weighted by molar-refractivity contribution is 0.219. The Morgan fingerprint density at radius 2 is 2.15 bits per heavy atom. The number of ether oxygens (including phenoxy) is 2. The Hall–Kier alpha value is -1.25. The van der Waals surface area contributed by atoms with E-state index in [0.29, 0.717) is 31.1 Å². The van der Waals surface area contributed by atoms with Crippen LogP contribution in [-0.4, -0.2) is 18.3 Å². The van der Waals surface area contributed by atoms with E-state index >= 15 is 0 Å². The molecule has 1 aliphatic carbocycles. The molecule has 0 atom stereocenters. The molecule has 0 saturated heterocycles. The second-order valence-corrected chi connectivity index (χ2v) is 5.97. The molecule has 0 aromatic heterocycles. The Bertz CT molecular complexity index is 521. The van der Waals surface area contributed by atoms with E-state index in [0.717, 1.165) is 22.9 Å². The topological polar surface area (TPSA) is 62.5 Å². The van der Waals surface area contributed by atoms with Crippen molar-refractivity contribution in [1.82, 2.24) is 0 Å². The van der Waals surface area contributed by atoms with E-state index in [9.17, 15) is 5.11 Å². The van der Waals surface area contributed by atoms with Crippen molar-refractivity contribution in [3.8, 4) is 17.6 Å². The minimum absolute atomic E-state index is 0.0212. The van der Waals surface area contributed by atoms with Crippen LogP contribution in [0.2, 0.25) is 0 Å². The second kappa shape index (κ2) is 6.47. The Labute approximate surface area is 127 Å². The van der Waals surface area contributed by atoms with Crippen LogP contribution in [0.25, 0.3) is 0 Å². The molecule has 4 nitrogen and oxygen atoms in total. The van der Waals surface area contributed by atoms with Gasteiger partial charge in [-0.1, -0.05) is 0 Å². The van der Waals surface area contributed by atoms with Gasteiger partial charge < -0.3 is 14.6 Å². The van der Waals surface area contributed by atoms with E-state index in [4.69, 9.17) is 14.7 Å². The Morgan fingerprint density at radius 3 is 2.70 bits per heavy atom. The lowest BCUT2D eigenvalue weighted by atomic mass is 10.1. The van der Waals surface area contributed by atoms with Gasteiger partial charge in [-0.3, -0.25) is 0 Å². The predicted molar refractivity (Wildman–Crippen MR) is 78.6 cm³/mol. The van der Waals surface area contributed by atoms with Crippen molar-refractivity contribution in [2.75, 3.05) is 13.2 Å². The summed E-state index contributed by atoms with van der Waals surface area (Å²) in [7, 11) is 0. The summed E-state index contributed by atoms with van der Waals surface area (Å²) in [5, 5.41) is 18.1. The van der Waals surface area contributed by atoms with Gasteiger partial charge in [-0.05, 0) is 53.4 Å². The van der Waals surface area contributed by atoms with Crippen molar-refractivity contribution in [1.29, 1.82) is 5.26 Å². The summed E-state index contributed by atoms with van der Waals surface area (Å²) in [6.07, 6.45) is 2.61. The first-order chi connectivity index (χ1) is 9.64. The number of hydrogen-bond donors (Lipinski definition) is 1. The van der Waals surface area contributed by atoms with Gasteiger partial charge in [0.1, 0.15) is 0 Å². The molecule has 1 fully saturated rings. The first-order valence-corrected chi connectivity index (χ1v) is 7.49. The van der Waals surface area contributed by atoms with Crippen LogP contribution in [0.4, 0.5) is 0 Å². The number of nitriles is 1. The largest absolute Gasteiger partial charge is 0.490 e. The molecule has 0 amide bonds. The molecule has 2 rings (SSSR count). The number of aliphatic hydroxyl groups excluding tert-OH is 1. The lowest BCUT2D eigenvalue weighted by Gasteiger charge is -2.18. The number of benzene rings is 1. The molecule has 0 bridgehead atoms. The summed E-state index contributed by atoms with van der Waals surface area (Å²) in [6, 6.07) is 5.83. The number of aliphatic hydroxyl groups is 1. The number of halogens is 1. The fraction of sp³-hybridized carbons (Fsp3) is 0.533. The third-order valence-corrected chi connectivity index (χ3v) is 4.07. The van der Waals surface area contributed by atoms with Gasteiger partial charge in [-0.25, -0.2) is 0 Å². The van der Waals surface area contributed by atoms with Crippen molar-refractivity contribution in [2.45, 2.75) is 32.8 Å². The quantitative estimate of drug-likeness (QED) is 0.826. The van der Waals surface area contributed by atoms with Crippen molar-refractivity contribution in [3.05, 3.63) is 22.2 Å². The molecule has 0 heterocycles. The van der Waals surface area contributed by atoms with Gasteiger partial charge >= 0.3 is 0 Å². The SMILES string of the molecule is CCOc1cc(CO)cc(Br)c1OCC1(CC#N)CC1. The summed E-state index contributed by atoms with van der Waals surface area (Å²) >= 11 is 3.45. The molecule has 108 valence electrons. The summed E-state index contributed by atoms with van der Waals surface area (Å²) in [5.41, 5.74) is 0.790. The van der Waals surface area contributed by atoms with Crippen LogP contribution in [0, 0.1) is 16.7 Å². The average Bonchev–Trinajstić information content (AvgIpc) is 3.18. The van der Waals surface area contributed by atoms with Gasteiger partial charge in [0.2, 0.25) is 0 Å². The average molecular weight is 340 g/mol. The van der Waals surface area contributed by atoms with E-state index in [1.54, 1.807) is 6.07 Å². The monoisotopic (exact) mass is 339 g/mol. The predicted octanol–water partition coefficient (Wildman–Crippen LogP) is 3.41. The maximum atomic E-state index is 9.23. The van der Waals surface area contributed by atoms with E-state index in [-0.39, 0.29) is 12.0 Å². The van der Waals surface area contributed by atoms with Crippen LogP contribution >= 0.6 is 15.9 Å². The molecule has 1 aliphatic rings. The maximum Gasteiger partial charge on any atom is 0.175 e. The molecular formula is C15H18BrNO3. The summed E-state index contributed by atoms with van der Waals surface area (Å²) in [4.78, 5) is 0. The highest BCUT2D eigenvalue weighted by atomic mass is 79.9. The van der Waals surface area contributed by atoms with Gasteiger partial charge in [0.25, 0.3) is 0 Å². The van der Waals surface area contributed by atoms with Crippen LogP contribution in [-0.2, 0) is 6.61 Å². The van der Waals surface area contributed by atoms with Gasteiger partial charge in [0, 0.05) is 11.8 Å². The standard InChI is InChI=1S/C15H18BrNO3/c1-2-19-13-8-11(9-18)7-12(16)14(13)20-10-15(3-4-15)5-6-17/h7-8,18H,2-5,9-10H2,1H3. The zero-order valence-electron chi connectivity index (χ0n) is 11.5. The zero-order chi connectivity index (χ0) is 14.6. The van der Waals surface area contributed by atoms with E-state index < -0.39 is 0 Å². The van der Waals surface area contributed by atoms with Crippen LogP contribution in [0.5, 0.6) is 11.5 Å². The zero-order valence-corrected chi connectivity index (χ0v) is 13.1. The van der Waals surface area contributed by atoms with Crippen molar-refractivity contribution in [3.63, 3.8) is 0 Å². The molecule has 1 saturated carbocycles. The van der Waals surface area contributed by atoms with Crippen molar-refractivity contribution < 1.29 is 14.6 Å². The first kappa shape index (κ1) is 15.1. The number of rotatable bonds is 7. The molecule has 1 N–H and O–H groups in total. The molecular weight excluding hydrogens is 322 g/mol. The Morgan fingerprint density at radius 1 is 1.40 bits per heavy atom. The van der Waals surface area contributed by atoms with E-state index in [2.05, 4.69) is 22.0 Å². The lowest BCUT2D eigenvalue weighted by Crippen LogP contribution is -2.13. The fourth-order valence-corrected chi connectivity index (χ4v) is 2.66. The molecule has 0 spiro atoms. The molecule has 1 aromatic rings. The van der Waals surface area contributed by atoms with Gasteiger partial charge in [-0.2, -0.15) is 5.26 Å². The fourth-order valence-electron chi connectivity index (χ4n) is 2.06. The van der Waals surface area contributed by atoms with Crippen LogP contribution < -0.4 is 9.47 Å². The van der Waals surface area contributed by atoms with Gasteiger partial charge in [-0.15, -0.1) is 0 Å². The summed E-state index contributed by atoms with van der Waals surface area (Å²) < 4.78 is 12.2. The molecule has 5 heteroatoms. The minimum atomic E-state index is -0.0443. The van der Waals surface area contributed by atoms with Crippen LogP contribution in [0.3, 0.4) is 0 Å². The minimum Gasteiger partial charge on any atom is -0.490 e. The highest BCUT2D eigenvalue weighted by molar-refractivity contribution is 9.10. The molecule has 1 aromatic carbocycles. The van der Waals surface area contributed by atoms with Gasteiger partial charge in [0.05, 0.1) is 30.4 Å². The van der Waals surface area contributed by atoms with Gasteiger partial charge in [0.15, 0.2) is 11.5 Å². The Balaban J connectivity index is 2.15. The smallest absolute Gasteiger partial charge is 0.175 e. The number of hydrogen-bond acceptors (Lipinski definition) is 4. The summed E-state index contributed by atoms with van der Waals surface area (Å²) in [5.74, 6) is 1.27. The van der Waals surface area contributed by atoms with E-state index in [1.165, 1.54) is 0 Å². The second-order valence-electron chi connectivity index (χ2n) is 5.12.